The Bertz CT molecular complexity index is 404. The minimum Gasteiger partial charge on any atom is -0.480 e. The molecule has 0 heterocycles. The van der Waals surface area contributed by atoms with Crippen LogP contribution in [0.5, 0.6) is 0 Å². The summed E-state index contributed by atoms with van der Waals surface area (Å²) < 4.78 is 0. The van der Waals surface area contributed by atoms with Crippen molar-refractivity contribution in [2.45, 2.75) is 50.6 Å². The van der Waals surface area contributed by atoms with Crippen molar-refractivity contribution in [2.24, 2.45) is 11.7 Å². The van der Waals surface area contributed by atoms with Crippen LogP contribution in [0.15, 0.2) is 0 Å². The highest BCUT2D eigenvalue weighted by Gasteiger charge is 2.37. The van der Waals surface area contributed by atoms with Gasteiger partial charge in [-0.1, -0.05) is 0 Å². The van der Waals surface area contributed by atoms with E-state index in [1.165, 1.54) is 0 Å². The van der Waals surface area contributed by atoms with E-state index in [4.69, 9.17) is 10.8 Å². The lowest BCUT2D eigenvalue weighted by molar-refractivity contribution is -0.139. The van der Waals surface area contributed by atoms with E-state index in [9.17, 15) is 14.4 Å². The number of hydrogen-bond acceptors (Lipinski definition) is 3. The van der Waals surface area contributed by atoms with Crippen molar-refractivity contribution in [3.05, 3.63) is 0 Å². The second-order valence-electron chi connectivity index (χ2n) is 5.67. The normalized spacial score (nSPS) is 19.2. The van der Waals surface area contributed by atoms with E-state index in [1.807, 2.05) is 0 Å². The van der Waals surface area contributed by atoms with Crippen LogP contribution in [-0.2, 0) is 9.59 Å². The molecule has 1 atom stereocenters. The molecule has 0 saturated heterocycles. The van der Waals surface area contributed by atoms with Crippen molar-refractivity contribution in [3.63, 3.8) is 0 Å². The number of carboxylic acid groups (broad SMARTS) is 1. The third-order valence-corrected chi connectivity index (χ3v) is 3.68. The second-order valence-corrected chi connectivity index (χ2v) is 5.67. The van der Waals surface area contributed by atoms with Gasteiger partial charge >= 0.3 is 12.0 Å². The lowest BCUT2D eigenvalue weighted by atomic mass is 10.1. The predicted molar refractivity (Wildman–Crippen MR) is 70.8 cm³/mol. The number of carboxylic acids is 1. The SMILES string of the molecule is NC(=O)CC[C@H](NC(=O)N(CC1CC1)C1CC1)C(=O)O. The minimum absolute atomic E-state index is 0.0261. The maximum Gasteiger partial charge on any atom is 0.326 e. The first-order valence-corrected chi connectivity index (χ1v) is 7.05. The van der Waals surface area contributed by atoms with Gasteiger partial charge in [0.25, 0.3) is 0 Å². The monoisotopic (exact) mass is 283 g/mol. The molecule has 20 heavy (non-hydrogen) atoms. The van der Waals surface area contributed by atoms with Crippen LogP contribution in [0.1, 0.15) is 38.5 Å². The first kappa shape index (κ1) is 14.6. The van der Waals surface area contributed by atoms with E-state index in [1.54, 1.807) is 4.90 Å². The topological polar surface area (TPSA) is 113 Å². The third-order valence-electron chi connectivity index (χ3n) is 3.68. The fourth-order valence-electron chi connectivity index (χ4n) is 2.14. The van der Waals surface area contributed by atoms with Crippen molar-refractivity contribution in [3.8, 4) is 0 Å². The van der Waals surface area contributed by atoms with Gasteiger partial charge in [0.15, 0.2) is 0 Å². The Labute approximate surface area is 117 Å². The van der Waals surface area contributed by atoms with Crippen LogP contribution in [0.4, 0.5) is 4.79 Å². The Morgan fingerprint density at radius 2 is 1.90 bits per heavy atom. The molecule has 2 fully saturated rings. The largest absolute Gasteiger partial charge is 0.480 e. The first-order valence-electron chi connectivity index (χ1n) is 7.05. The third kappa shape index (κ3) is 4.40. The van der Waals surface area contributed by atoms with Crippen LogP contribution in [0.2, 0.25) is 0 Å². The van der Waals surface area contributed by atoms with Crippen LogP contribution < -0.4 is 11.1 Å². The van der Waals surface area contributed by atoms with Gasteiger partial charge in [0, 0.05) is 19.0 Å². The lowest BCUT2D eigenvalue weighted by Crippen LogP contribution is -2.49. The van der Waals surface area contributed by atoms with Crippen LogP contribution in [0, 0.1) is 5.92 Å². The Morgan fingerprint density at radius 3 is 2.35 bits per heavy atom. The maximum atomic E-state index is 12.2. The second kappa shape index (κ2) is 6.11. The Kier molecular flexibility index (Phi) is 4.46. The number of nitrogens with zero attached hydrogens (tertiary/aromatic N) is 1. The summed E-state index contributed by atoms with van der Waals surface area (Å²) in [4.78, 5) is 35.8. The molecule has 7 nitrogen and oxygen atoms in total. The number of aliphatic carboxylic acids is 1. The van der Waals surface area contributed by atoms with Gasteiger partial charge in [0.2, 0.25) is 5.91 Å². The quantitative estimate of drug-likeness (QED) is 0.594. The molecule has 0 bridgehead atoms. The number of carbonyl (C=O) groups excluding carboxylic acids is 2. The molecule has 112 valence electrons. The van der Waals surface area contributed by atoms with Gasteiger partial charge in [0.05, 0.1) is 0 Å². The van der Waals surface area contributed by atoms with Crippen molar-refractivity contribution >= 4 is 17.9 Å². The summed E-state index contributed by atoms with van der Waals surface area (Å²) in [6, 6.07) is -1.15. The summed E-state index contributed by atoms with van der Waals surface area (Å²) in [6.45, 7) is 0.707. The van der Waals surface area contributed by atoms with Gasteiger partial charge in [-0.2, -0.15) is 0 Å². The zero-order valence-electron chi connectivity index (χ0n) is 11.4. The summed E-state index contributed by atoms with van der Waals surface area (Å²) >= 11 is 0. The summed E-state index contributed by atoms with van der Waals surface area (Å²) in [5.41, 5.74) is 5.01. The van der Waals surface area contributed by atoms with Crippen LogP contribution in [0.3, 0.4) is 0 Å². The van der Waals surface area contributed by atoms with Gasteiger partial charge in [-0.25, -0.2) is 9.59 Å². The van der Waals surface area contributed by atoms with Crippen LogP contribution in [-0.4, -0.2) is 46.5 Å². The zero-order valence-corrected chi connectivity index (χ0v) is 11.4. The summed E-state index contributed by atoms with van der Waals surface area (Å²) in [5, 5.41) is 11.6. The summed E-state index contributed by atoms with van der Waals surface area (Å²) in [5.74, 6) is -1.14. The number of amides is 3. The molecule has 0 unspecified atom stereocenters. The molecule has 0 aromatic heterocycles. The summed E-state index contributed by atoms with van der Waals surface area (Å²) in [7, 11) is 0. The van der Waals surface area contributed by atoms with E-state index in [2.05, 4.69) is 5.32 Å². The molecule has 3 amide bonds. The number of nitrogens with two attached hydrogens (primary N) is 1. The number of rotatable bonds is 8. The molecule has 2 aliphatic rings. The van der Waals surface area contributed by atoms with Gasteiger partial charge in [-0.15, -0.1) is 0 Å². The molecule has 0 aliphatic heterocycles. The predicted octanol–water partition coefficient (Wildman–Crippen LogP) is 0.289. The summed E-state index contributed by atoms with van der Waals surface area (Å²) in [6.07, 6.45) is 4.22. The van der Waals surface area contributed by atoms with Gasteiger partial charge in [0.1, 0.15) is 6.04 Å². The molecule has 0 radical (unpaired) electrons. The Morgan fingerprint density at radius 1 is 1.25 bits per heavy atom. The molecule has 2 aliphatic carbocycles. The molecular weight excluding hydrogens is 262 g/mol. The highest BCUT2D eigenvalue weighted by atomic mass is 16.4. The molecule has 0 aromatic carbocycles. The fourth-order valence-corrected chi connectivity index (χ4v) is 2.14. The number of carbonyl (C=O) groups is 3. The number of hydrogen-bond donors (Lipinski definition) is 3. The first-order chi connectivity index (χ1) is 9.47. The van der Waals surface area contributed by atoms with E-state index < -0.39 is 17.9 Å². The Hall–Kier alpha value is -1.79. The molecule has 0 spiro atoms. The van der Waals surface area contributed by atoms with Crippen molar-refractivity contribution in [1.29, 1.82) is 0 Å². The molecule has 4 N–H and O–H groups in total. The van der Waals surface area contributed by atoms with Crippen LogP contribution >= 0.6 is 0 Å². The van der Waals surface area contributed by atoms with E-state index >= 15 is 0 Å². The number of nitrogens with one attached hydrogen (secondary N) is 1. The van der Waals surface area contributed by atoms with E-state index in [0.717, 1.165) is 25.7 Å². The van der Waals surface area contributed by atoms with Crippen molar-refractivity contribution < 1.29 is 19.5 Å². The fraction of sp³-hybridized carbons (Fsp3) is 0.769. The average molecular weight is 283 g/mol. The lowest BCUT2D eigenvalue weighted by Gasteiger charge is -2.25. The van der Waals surface area contributed by atoms with Gasteiger partial charge < -0.3 is 21.1 Å². The molecule has 0 aromatic rings. The minimum atomic E-state index is -1.14. The molecule has 2 saturated carbocycles. The highest BCUT2D eigenvalue weighted by molar-refractivity contribution is 5.83. The Balaban J connectivity index is 1.87. The van der Waals surface area contributed by atoms with Gasteiger partial charge in [-0.3, -0.25) is 4.79 Å². The smallest absolute Gasteiger partial charge is 0.326 e. The average Bonchev–Trinajstić information content (AvgIpc) is 3.24. The van der Waals surface area contributed by atoms with Gasteiger partial charge in [-0.05, 0) is 38.0 Å². The van der Waals surface area contributed by atoms with Crippen LogP contribution in [0.25, 0.3) is 0 Å². The van der Waals surface area contributed by atoms with Crippen molar-refractivity contribution in [1.82, 2.24) is 10.2 Å². The zero-order chi connectivity index (χ0) is 14.7. The highest BCUT2D eigenvalue weighted by Crippen LogP contribution is 2.34. The molecule has 7 heteroatoms. The van der Waals surface area contributed by atoms with Crippen molar-refractivity contribution in [2.75, 3.05) is 6.54 Å². The number of primary amides is 1. The van der Waals surface area contributed by atoms with E-state index in [0.29, 0.717) is 12.5 Å². The molecule has 2 rings (SSSR count). The van der Waals surface area contributed by atoms with E-state index in [-0.39, 0.29) is 24.9 Å². The maximum absolute atomic E-state index is 12.2. The number of urea groups is 1. The molecular formula is C13H21N3O4. The standard InChI is InChI=1S/C13H21N3O4/c14-11(17)6-5-10(12(18)19)15-13(20)16(9-3-4-9)7-8-1-2-8/h8-10H,1-7H2,(H2,14,17)(H,15,20)(H,18,19)/t10-/m0/s1.